The smallest absolute Gasteiger partial charge is 0.165 e. The number of nitrogens with two attached hydrogens (primary N) is 1. The van der Waals surface area contributed by atoms with Gasteiger partial charge in [-0.2, -0.15) is 5.26 Å². The minimum Gasteiger partial charge on any atom is -0.396 e. The summed E-state index contributed by atoms with van der Waals surface area (Å²) < 4.78 is 0. The third kappa shape index (κ3) is 1.94. The van der Waals surface area contributed by atoms with Crippen LogP contribution in [-0.4, -0.2) is 18.1 Å². The zero-order chi connectivity index (χ0) is 11.5. The summed E-state index contributed by atoms with van der Waals surface area (Å²) >= 11 is 0. The van der Waals surface area contributed by atoms with Crippen LogP contribution in [0.1, 0.15) is 25.5 Å². The first-order valence-corrected chi connectivity index (χ1v) is 5.66. The predicted molar refractivity (Wildman–Crippen MR) is 64.0 cm³/mol. The highest BCUT2D eigenvalue weighted by molar-refractivity contribution is 5.55. The molecule has 1 fully saturated rings. The van der Waals surface area contributed by atoms with Crippen LogP contribution >= 0.6 is 0 Å². The quantitative estimate of drug-likeness (QED) is 0.818. The average Bonchev–Trinajstić information content (AvgIpc) is 2.78. The number of pyridine rings is 1. The van der Waals surface area contributed by atoms with Gasteiger partial charge >= 0.3 is 0 Å². The molecule has 0 bridgehead atoms. The lowest BCUT2D eigenvalue weighted by atomic mass is 10.1. The average molecular weight is 216 g/mol. The highest BCUT2D eigenvalue weighted by Crippen LogP contribution is 2.25. The Labute approximate surface area is 95.7 Å². The summed E-state index contributed by atoms with van der Waals surface area (Å²) in [5.41, 5.74) is 6.44. The Hall–Kier alpha value is -1.76. The highest BCUT2D eigenvalue weighted by Gasteiger charge is 2.22. The maximum absolute atomic E-state index is 8.87. The van der Waals surface area contributed by atoms with E-state index in [2.05, 4.69) is 16.8 Å². The summed E-state index contributed by atoms with van der Waals surface area (Å²) in [6.45, 7) is 4.28. The molecule has 1 aliphatic rings. The SMILES string of the molecule is CCC1CCN(c2ccc(N)c(C#N)n2)C1. The van der Waals surface area contributed by atoms with Crippen molar-refractivity contribution in [2.75, 3.05) is 23.7 Å². The Morgan fingerprint density at radius 1 is 1.62 bits per heavy atom. The summed E-state index contributed by atoms with van der Waals surface area (Å²) in [6.07, 6.45) is 2.42. The van der Waals surface area contributed by atoms with Crippen molar-refractivity contribution in [3.05, 3.63) is 17.8 Å². The monoisotopic (exact) mass is 216 g/mol. The third-order valence-corrected chi connectivity index (χ3v) is 3.20. The minimum absolute atomic E-state index is 0.331. The van der Waals surface area contributed by atoms with E-state index in [1.54, 1.807) is 6.07 Å². The van der Waals surface area contributed by atoms with Gasteiger partial charge in [0.05, 0.1) is 5.69 Å². The zero-order valence-corrected chi connectivity index (χ0v) is 9.48. The van der Waals surface area contributed by atoms with Gasteiger partial charge < -0.3 is 10.6 Å². The van der Waals surface area contributed by atoms with Gasteiger partial charge in [-0.15, -0.1) is 0 Å². The van der Waals surface area contributed by atoms with Crippen LogP contribution in [0.25, 0.3) is 0 Å². The lowest BCUT2D eigenvalue weighted by molar-refractivity contribution is 0.569. The summed E-state index contributed by atoms with van der Waals surface area (Å²) in [6, 6.07) is 5.68. The molecule has 1 aliphatic heterocycles. The molecule has 4 nitrogen and oxygen atoms in total. The number of rotatable bonds is 2. The lowest BCUT2D eigenvalue weighted by Gasteiger charge is -2.17. The first-order chi connectivity index (χ1) is 7.74. The summed E-state index contributed by atoms with van der Waals surface area (Å²) in [5, 5.41) is 8.87. The third-order valence-electron chi connectivity index (χ3n) is 3.20. The largest absolute Gasteiger partial charge is 0.396 e. The number of anilines is 2. The minimum atomic E-state index is 0.331. The van der Waals surface area contributed by atoms with Crippen molar-refractivity contribution in [2.45, 2.75) is 19.8 Å². The molecule has 84 valence electrons. The van der Waals surface area contributed by atoms with E-state index in [9.17, 15) is 0 Å². The molecule has 0 radical (unpaired) electrons. The number of nitrogen functional groups attached to an aromatic ring is 1. The molecule has 2 N–H and O–H groups in total. The fourth-order valence-electron chi connectivity index (χ4n) is 2.10. The second-order valence-corrected chi connectivity index (χ2v) is 4.23. The van der Waals surface area contributed by atoms with E-state index in [0.717, 1.165) is 24.8 Å². The van der Waals surface area contributed by atoms with Gasteiger partial charge in [-0.1, -0.05) is 13.3 Å². The predicted octanol–water partition coefficient (Wildman–Crippen LogP) is 1.77. The Morgan fingerprint density at radius 3 is 3.06 bits per heavy atom. The van der Waals surface area contributed by atoms with Crippen molar-refractivity contribution in [3.8, 4) is 6.07 Å². The summed E-state index contributed by atoms with van der Waals surface area (Å²) in [7, 11) is 0. The van der Waals surface area contributed by atoms with Crippen LogP contribution in [0.5, 0.6) is 0 Å². The second kappa shape index (κ2) is 4.40. The standard InChI is InChI=1S/C12H16N4/c1-2-9-5-6-16(8-9)12-4-3-10(14)11(7-13)15-12/h3-4,9H,2,5-6,8,14H2,1H3. The lowest BCUT2D eigenvalue weighted by Crippen LogP contribution is -2.21. The van der Waals surface area contributed by atoms with Gasteiger partial charge in [0.15, 0.2) is 5.69 Å². The molecule has 0 aromatic carbocycles. The van der Waals surface area contributed by atoms with Crippen molar-refractivity contribution < 1.29 is 0 Å². The van der Waals surface area contributed by atoms with Crippen molar-refractivity contribution in [1.29, 1.82) is 5.26 Å². The molecule has 0 amide bonds. The van der Waals surface area contributed by atoms with E-state index in [0.29, 0.717) is 11.4 Å². The van der Waals surface area contributed by atoms with Gasteiger partial charge in [0.1, 0.15) is 11.9 Å². The number of nitriles is 1. The normalized spacial score (nSPS) is 19.8. The molecule has 0 saturated carbocycles. The van der Waals surface area contributed by atoms with E-state index in [4.69, 9.17) is 11.0 Å². The molecule has 2 rings (SSSR count). The molecule has 1 aromatic heterocycles. The molecule has 4 heteroatoms. The Kier molecular flexibility index (Phi) is 2.95. The van der Waals surface area contributed by atoms with Crippen molar-refractivity contribution in [2.24, 2.45) is 5.92 Å². The van der Waals surface area contributed by atoms with Crippen LogP contribution in [0, 0.1) is 17.2 Å². The molecule has 1 saturated heterocycles. The van der Waals surface area contributed by atoms with Gasteiger partial charge in [0.25, 0.3) is 0 Å². The highest BCUT2D eigenvalue weighted by atomic mass is 15.2. The van der Waals surface area contributed by atoms with Crippen LogP contribution in [0.4, 0.5) is 11.5 Å². The van der Waals surface area contributed by atoms with Crippen LogP contribution in [0.15, 0.2) is 12.1 Å². The Bertz CT molecular complexity index is 422. The molecular weight excluding hydrogens is 200 g/mol. The Balaban J connectivity index is 2.19. The fourth-order valence-corrected chi connectivity index (χ4v) is 2.10. The molecule has 1 unspecified atom stereocenters. The van der Waals surface area contributed by atoms with Gasteiger partial charge in [0, 0.05) is 13.1 Å². The van der Waals surface area contributed by atoms with Crippen LogP contribution < -0.4 is 10.6 Å². The van der Waals surface area contributed by atoms with Crippen LogP contribution in [0.2, 0.25) is 0 Å². The van der Waals surface area contributed by atoms with Crippen molar-refractivity contribution in [1.82, 2.24) is 4.98 Å². The molecule has 2 heterocycles. The molecule has 1 atom stereocenters. The summed E-state index contributed by atoms with van der Waals surface area (Å²) in [5.74, 6) is 1.63. The van der Waals surface area contributed by atoms with E-state index in [-0.39, 0.29) is 0 Å². The van der Waals surface area contributed by atoms with E-state index >= 15 is 0 Å². The fraction of sp³-hybridized carbons (Fsp3) is 0.500. The molecule has 16 heavy (non-hydrogen) atoms. The Morgan fingerprint density at radius 2 is 2.44 bits per heavy atom. The van der Waals surface area contributed by atoms with Gasteiger partial charge in [-0.25, -0.2) is 4.98 Å². The zero-order valence-electron chi connectivity index (χ0n) is 9.48. The number of hydrogen-bond acceptors (Lipinski definition) is 4. The summed E-state index contributed by atoms with van der Waals surface area (Å²) in [4.78, 5) is 6.51. The van der Waals surface area contributed by atoms with Crippen molar-refractivity contribution >= 4 is 11.5 Å². The van der Waals surface area contributed by atoms with Gasteiger partial charge in [-0.3, -0.25) is 0 Å². The van der Waals surface area contributed by atoms with Crippen molar-refractivity contribution in [3.63, 3.8) is 0 Å². The maximum Gasteiger partial charge on any atom is 0.165 e. The molecular formula is C12H16N4. The number of hydrogen-bond donors (Lipinski definition) is 1. The maximum atomic E-state index is 8.87. The first-order valence-electron chi connectivity index (χ1n) is 5.66. The van der Waals surface area contributed by atoms with Crippen LogP contribution in [0.3, 0.4) is 0 Å². The van der Waals surface area contributed by atoms with Crippen LogP contribution in [-0.2, 0) is 0 Å². The second-order valence-electron chi connectivity index (χ2n) is 4.23. The van der Waals surface area contributed by atoms with Gasteiger partial charge in [0.2, 0.25) is 0 Å². The molecule has 0 aliphatic carbocycles. The van der Waals surface area contributed by atoms with Gasteiger partial charge in [-0.05, 0) is 24.5 Å². The molecule has 0 spiro atoms. The molecule has 1 aromatic rings. The number of aromatic nitrogens is 1. The van der Waals surface area contributed by atoms with E-state index in [1.807, 2.05) is 12.1 Å². The first kappa shape index (κ1) is 10.7. The topological polar surface area (TPSA) is 65.9 Å². The number of nitrogens with zero attached hydrogens (tertiary/aromatic N) is 3. The van der Waals surface area contributed by atoms with E-state index in [1.165, 1.54) is 12.8 Å². The van der Waals surface area contributed by atoms with E-state index < -0.39 is 0 Å².